The number of hydrogen-bond acceptors (Lipinski definition) is 7. The van der Waals surface area contributed by atoms with Crippen LogP contribution in [-0.4, -0.2) is 51.3 Å². The molecule has 1 aliphatic heterocycles. The number of halogens is 1. The summed E-state index contributed by atoms with van der Waals surface area (Å²) in [6, 6.07) is 4.08. The molecule has 1 aliphatic rings. The van der Waals surface area contributed by atoms with Crippen molar-refractivity contribution in [1.82, 2.24) is 24.1 Å². The van der Waals surface area contributed by atoms with Crippen molar-refractivity contribution in [1.29, 1.82) is 5.26 Å². The quantitative estimate of drug-likeness (QED) is 0.585. The summed E-state index contributed by atoms with van der Waals surface area (Å²) in [5, 5.41) is 16.6. The van der Waals surface area contributed by atoms with Gasteiger partial charge < -0.3 is 0 Å². The van der Waals surface area contributed by atoms with Crippen molar-refractivity contribution in [2.45, 2.75) is 18.9 Å². The van der Waals surface area contributed by atoms with Crippen molar-refractivity contribution in [2.24, 2.45) is 0 Å². The van der Waals surface area contributed by atoms with Gasteiger partial charge in [-0.3, -0.25) is 4.68 Å². The van der Waals surface area contributed by atoms with E-state index in [9.17, 15) is 13.7 Å². The first-order valence-corrected chi connectivity index (χ1v) is 11.1. The van der Waals surface area contributed by atoms with Crippen molar-refractivity contribution >= 4 is 43.2 Å². The van der Waals surface area contributed by atoms with Crippen molar-refractivity contribution in [2.75, 3.05) is 18.8 Å². The maximum atomic E-state index is 12.1. The Morgan fingerprint density at radius 1 is 1.41 bits per heavy atom. The lowest BCUT2D eigenvalue weighted by Crippen LogP contribution is -2.64. The minimum absolute atomic E-state index is 0.0373. The Labute approximate surface area is 165 Å². The summed E-state index contributed by atoms with van der Waals surface area (Å²) < 4.78 is 27.2. The van der Waals surface area contributed by atoms with Crippen LogP contribution in [0.25, 0.3) is 21.5 Å². The standard InChI is InChI=1S/C16H15ClN6O2S2/c1-2-27(24,25)22-9-16(10-22,4-5-18)23-8-11(7-19-23)13-12-3-6-26-14(12)21-15(17)20-13/h3,6-8H,2,4,9-10H2,1H3. The molecule has 0 bridgehead atoms. The number of fused-ring (bicyclic) bond motifs is 1. The molecule has 0 unspecified atom stereocenters. The van der Waals surface area contributed by atoms with E-state index in [2.05, 4.69) is 21.1 Å². The summed E-state index contributed by atoms with van der Waals surface area (Å²) in [6.45, 7) is 2.07. The molecule has 140 valence electrons. The van der Waals surface area contributed by atoms with E-state index < -0.39 is 15.6 Å². The van der Waals surface area contributed by atoms with Gasteiger partial charge in [0.25, 0.3) is 0 Å². The second-order valence-electron chi connectivity index (χ2n) is 6.38. The second kappa shape index (κ2) is 6.53. The van der Waals surface area contributed by atoms with Gasteiger partial charge >= 0.3 is 0 Å². The molecule has 8 nitrogen and oxygen atoms in total. The monoisotopic (exact) mass is 422 g/mol. The molecule has 0 saturated carbocycles. The first kappa shape index (κ1) is 18.3. The molecule has 4 rings (SSSR count). The molecule has 3 aromatic rings. The van der Waals surface area contributed by atoms with Crippen molar-refractivity contribution in [3.05, 3.63) is 29.1 Å². The van der Waals surface area contributed by atoms with Crippen molar-refractivity contribution in [3.63, 3.8) is 0 Å². The van der Waals surface area contributed by atoms with Gasteiger partial charge in [-0.1, -0.05) is 0 Å². The fourth-order valence-electron chi connectivity index (χ4n) is 3.23. The third kappa shape index (κ3) is 3.00. The summed E-state index contributed by atoms with van der Waals surface area (Å²) in [5.41, 5.74) is 0.749. The Kier molecular flexibility index (Phi) is 4.43. The molecule has 0 aliphatic carbocycles. The van der Waals surface area contributed by atoms with Crippen molar-refractivity contribution < 1.29 is 8.42 Å². The predicted octanol–water partition coefficient (Wildman–Crippen LogP) is 2.48. The molecule has 0 amide bonds. The number of nitriles is 1. The molecule has 0 aromatic carbocycles. The third-order valence-electron chi connectivity index (χ3n) is 4.75. The Hall–Kier alpha value is -2.06. The van der Waals surface area contributed by atoms with Gasteiger partial charge in [-0.05, 0) is 30.0 Å². The van der Waals surface area contributed by atoms with E-state index in [1.165, 1.54) is 15.6 Å². The van der Waals surface area contributed by atoms with Gasteiger partial charge in [-0.25, -0.2) is 18.4 Å². The Morgan fingerprint density at radius 2 is 2.19 bits per heavy atom. The van der Waals surface area contributed by atoms with Crippen LogP contribution < -0.4 is 0 Å². The average molecular weight is 423 g/mol. The van der Waals surface area contributed by atoms with Crippen LogP contribution in [0.15, 0.2) is 23.8 Å². The van der Waals surface area contributed by atoms with Crippen LogP contribution >= 0.6 is 22.9 Å². The molecule has 3 aromatic heterocycles. The number of nitrogens with zero attached hydrogens (tertiary/aromatic N) is 6. The molecule has 11 heteroatoms. The topological polar surface area (TPSA) is 105 Å². The molecule has 0 atom stereocenters. The van der Waals surface area contributed by atoms with E-state index in [1.54, 1.807) is 24.0 Å². The molecular weight excluding hydrogens is 408 g/mol. The van der Waals surface area contributed by atoms with Crippen LogP contribution in [0.1, 0.15) is 13.3 Å². The van der Waals surface area contributed by atoms with E-state index >= 15 is 0 Å². The zero-order valence-electron chi connectivity index (χ0n) is 14.3. The van der Waals surface area contributed by atoms with Gasteiger partial charge in [0, 0.05) is 30.2 Å². The number of rotatable bonds is 5. The Balaban J connectivity index is 1.71. The molecule has 27 heavy (non-hydrogen) atoms. The largest absolute Gasteiger partial charge is 0.262 e. The summed E-state index contributed by atoms with van der Waals surface area (Å²) in [7, 11) is -3.28. The highest BCUT2D eigenvalue weighted by molar-refractivity contribution is 7.89. The maximum Gasteiger partial charge on any atom is 0.224 e. The number of sulfonamides is 1. The lowest BCUT2D eigenvalue weighted by Gasteiger charge is -2.47. The molecule has 0 spiro atoms. The SMILES string of the molecule is CCS(=O)(=O)N1CC(CC#N)(n2cc(-c3nc(Cl)nc4sccc34)cn2)C1. The third-order valence-corrected chi connectivity index (χ3v) is 7.50. The van der Waals surface area contributed by atoms with E-state index in [1.807, 2.05) is 11.4 Å². The highest BCUT2D eigenvalue weighted by Gasteiger charge is 2.49. The molecular formula is C16H15ClN6O2S2. The maximum absolute atomic E-state index is 12.1. The predicted molar refractivity (Wildman–Crippen MR) is 103 cm³/mol. The molecule has 4 heterocycles. The first-order chi connectivity index (χ1) is 12.9. The number of hydrogen-bond donors (Lipinski definition) is 0. The first-order valence-electron chi connectivity index (χ1n) is 8.19. The molecule has 1 fully saturated rings. The summed E-state index contributed by atoms with van der Waals surface area (Å²) >= 11 is 7.51. The summed E-state index contributed by atoms with van der Waals surface area (Å²) in [6.07, 6.45) is 3.62. The van der Waals surface area contributed by atoms with Crippen LogP contribution in [0.3, 0.4) is 0 Å². The highest BCUT2D eigenvalue weighted by Crippen LogP contribution is 2.36. The summed E-state index contributed by atoms with van der Waals surface area (Å²) in [4.78, 5) is 9.33. The van der Waals surface area contributed by atoms with Gasteiger partial charge in [-0.15, -0.1) is 11.3 Å². The highest BCUT2D eigenvalue weighted by atomic mass is 35.5. The van der Waals surface area contributed by atoms with E-state index in [4.69, 9.17) is 11.6 Å². The van der Waals surface area contributed by atoms with Crippen LogP contribution in [0.5, 0.6) is 0 Å². The van der Waals surface area contributed by atoms with Crippen molar-refractivity contribution in [3.8, 4) is 17.3 Å². The fraction of sp³-hybridized carbons (Fsp3) is 0.375. The fourth-order valence-corrected chi connectivity index (χ4v) is 5.45. The number of thiophene rings is 1. The van der Waals surface area contributed by atoms with Crippen LogP contribution in [0.4, 0.5) is 0 Å². The van der Waals surface area contributed by atoms with Crippen LogP contribution in [0, 0.1) is 11.3 Å². The smallest absolute Gasteiger partial charge is 0.224 e. The summed E-state index contributed by atoms with van der Waals surface area (Å²) in [5.74, 6) is 0.0373. The normalized spacial score (nSPS) is 16.9. The second-order valence-corrected chi connectivity index (χ2v) is 9.87. The van der Waals surface area contributed by atoms with Gasteiger partial charge in [0.1, 0.15) is 10.4 Å². The molecule has 0 N–H and O–H groups in total. The average Bonchev–Trinajstić information content (AvgIpc) is 3.26. The van der Waals surface area contributed by atoms with Gasteiger partial charge in [0.15, 0.2) is 0 Å². The lowest BCUT2D eigenvalue weighted by atomic mass is 9.89. The zero-order valence-corrected chi connectivity index (χ0v) is 16.7. The Morgan fingerprint density at radius 3 is 2.89 bits per heavy atom. The van der Waals surface area contributed by atoms with Gasteiger partial charge in [0.05, 0.1) is 30.1 Å². The minimum atomic E-state index is -3.28. The van der Waals surface area contributed by atoms with E-state index in [-0.39, 0.29) is 30.5 Å². The molecule has 0 radical (unpaired) electrons. The lowest BCUT2D eigenvalue weighted by molar-refractivity contribution is 0.0719. The number of aromatic nitrogens is 4. The molecule has 1 saturated heterocycles. The van der Waals surface area contributed by atoms with Crippen LogP contribution in [-0.2, 0) is 15.6 Å². The van der Waals surface area contributed by atoms with Gasteiger partial charge in [0.2, 0.25) is 15.3 Å². The Bertz CT molecular complexity index is 1160. The van der Waals surface area contributed by atoms with E-state index in [0.717, 1.165) is 15.8 Å². The van der Waals surface area contributed by atoms with E-state index in [0.29, 0.717) is 5.69 Å². The van der Waals surface area contributed by atoms with Crippen LogP contribution in [0.2, 0.25) is 5.28 Å². The van der Waals surface area contributed by atoms with Gasteiger partial charge in [-0.2, -0.15) is 14.7 Å². The minimum Gasteiger partial charge on any atom is -0.262 e. The zero-order chi connectivity index (χ0) is 19.2.